The Kier molecular flexibility index (Phi) is 16.7. The van der Waals surface area contributed by atoms with Gasteiger partial charge in [-0.2, -0.15) is 38.3 Å². The second-order valence-corrected chi connectivity index (χ2v) is 15.7. The Morgan fingerprint density at radius 2 is 1.34 bits per heavy atom. The maximum absolute atomic E-state index is 12.8. The molecule has 2 fully saturated rings. The SMILES string of the molecule is O=C(O)CC(Nc1nc(Nc2ccc(/C=C/c3ccc(Nc4nc(N(CCO)CCO)nc(N5CCOCC5)n4)cc3S(=O)(=O)O)c(SOOO)c2)nc(N2CCOCC2)n1)C(=O)O. The number of carboxylic acid groups (broad SMARTS) is 2. The highest BCUT2D eigenvalue weighted by molar-refractivity contribution is 7.94. The fourth-order valence-electron chi connectivity index (χ4n) is 6.21. The molecule has 2 aromatic carbocycles. The number of aliphatic hydroxyl groups excluding tert-OH is 2. The Morgan fingerprint density at radius 3 is 1.91 bits per heavy atom. The fraction of sp³-hybridized carbons (Fsp3) is 0.389. The van der Waals surface area contributed by atoms with E-state index in [1.165, 1.54) is 36.4 Å². The molecule has 0 aliphatic carbocycles. The van der Waals surface area contributed by atoms with E-state index < -0.39 is 39.4 Å². The number of rotatable bonds is 22. The van der Waals surface area contributed by atoms with Gasteiger partial charge in [0.2, 0.25) is 35.7 Å². The molecule has 2 aromatic heterocycles. The van der Waals surface area contributed by atoms with Crippen LogP contribution >= 0.6 is 12.0 Å². The lowest BCUT2D eigenvalue weighted by molar-refractivity contribution is -0.432. The third-order valence-corrected chi connectivity index (χ3v) is 10.8. The molecule has 0 radical (unpaired) electrons. The van der Waals surface area contributed by atoms with Crippen molar-refractivity contribution in [1.82, 2.24) is 29.9 Å². The van der Waals surface area contributed by atoms with Crippen LogP contribution < -0.4 is 30.7 Å². The van der Waals surface area contributed by atoms with Crippen molar-refractivity contribution in [3.8, 4) is 0 Å². The molecule has 4 heterocycles. The monoisotopic (exact) mass is 932 g/mol. The number of nitrogens with one attached hydrogen (secondary N) is 3. The minimum Gasteiger partial charge on any atom is -0.481 e. The highest BCUT2D eigenvalue weighted by Crippen LogP contribution is 2.32. The summed E-state index contributed by atoms with van der Waals surface area (Å²) < 4.78 is 51.4. The van der Waals surface area contributed by atoms with Gasteiger partial charge < -0.3 is 60.5 Å². The second-order valence-electron chi connectivity index (χ2n) is 13.6. The van der Waals surface area contributed by atoms with Gasteiger partial charge >= 0.3 is 11.9 Å². The van der Waals surface area contributed by atoms with Gasteiger partial charge in [0.1, 0.15) is 10.9 Å². The molecular weight excluding hydrogens is 889 g/mol. The molecule has 6 rings (SSSR count). The van der Waals surface area contributed by atoms with Crippen LogP contribution in [0.15, 0.2) is 46.2 Å². The molecule has 28 heteroatoms. The molecule has 1 unspecified atom stereocenters. The van der Waals surface area contributed by atoms with Crippen LogP contribution in [0, 0.1) is 0 Å². The second kappa shape index (κ2) is 22.5. The van der Waals surface area contributed by atoms with Crippen LogP contribution in [0.5, 0.6) is 0 Å². The smallest absolute Gasteiger partial charge is 0.326 e. The summed E-state index contributed by atoms with van der Waals surface area (Å²) in [5.74, 6) is -2.46. The molecule has 1 atom stereocenters. The number of ether oxygens (including phenoxy) is 2. The van der Waals surface area contributed by atoms with E-state index in [0.29, 0.717) is 80.8 Å². The molecule has 2 saturated heterocycles. The lowest BCUT2D eigenvalue weighted by Gasteiger charge is -2.28. The summed E-state index contributed by atoms with van der Waals surface area (Å²) in [5.41, 5.74) is 0.996. The molecule has 26 nitrogen and oxygen atoms in total. The molecular formula is C36H44N12O14S2. The van der Waals surface area contributed by atoms with E-state index in [2.05, 4.69) is 50.9 Å². The first kappa shape index (κ1) is 47.4. The maximum atomic E-state index is 12.8. The summed E-state index contributed by atoms with van der Waals surface area (Å²) in [6.45, 7) is 3.13. The number of benzene rings is 2. The lowest BCUT2D eigenvalue weighted by atomic mass is 10.1. The van der Waals surface area contributed by atoms with Crippen LogP contribution in [0.4, 0.5) is 47.1 Å². The van der Waals surface area contributed by atoms with Crippen molar-refractivity contribution in [3.63, 3.8) is 0 Å². The van der Waals surface area contributed by atoms with E-state index >= 15 is 0 Å². The summed E-state index contributed by atoms with van der Waals surface area (Å²) in [6, 6.07) is 7.28. The molecule has 0 saturated carbocycles. The highest BCUT2D eigenvalue weighted by atomic mass is 32.2. The third kappa shape index (κ3) is 13.2. The topological polar surface area (TPSA) is 350 Å². The number of morpholine rings is 2. The van der Waals surface area contributed by atoms with E-state index in [9.17, 15) is 43.0 Å². The Bertz CT molecular complexity index is 2390. The van der Waals surface area contributed by atoms with Crippen molar-refractivity contribution in [3.05, 3.63) is 47.5 Å². The van der Waals surface area contributed by atoms with Crippen LogP contribution in [0.3, 0.4) is 0 Å². The molecule has 2 aliphatic heterocycles. The summed E-state index contributed by atoms with van der Waals surface area (Å²) in [7, 11) is -4.83. The Balaban J connectivity index is 1.28. The number of hydrogen-bond donors (Lipinski definition) is 9. The van der Waals surface area contributed by atoms with Crippen molar-refractivity contribution in [2.75, 3.05) is 110 Å². The molecule has 0 spiro atoms. The normalized spacial score (nSPS) is 14.9. The lowest BCUT2D eigenvalue weighted by Crippen LogP contribution is -2.38. The van der Waals surface area contributed by atoms with Crippen molar-refractivity contribution < 1.29 is 67.1 Å². The van der Waals surface area contributed by atoms with Crippen molar-refractivity contribution >= 4 is 93.3 Å². The first-order valence-electron chi connectivity index (χ1n) is 19.3. The Morgan fingerprint density at radius 1 is 0.797 bits per heavy atom. The molecule has 4 aromatic rings. The van der Waals surface area contributed by atoms with Crippen LogP contribution in [-0.4, -0.2) is 165 Å². The van der Waals surface area contributed by atoms with Gasteiger partial charge in [-0.25, -0.2) is 10.1 Å². The number of anilines is 8. The first-order valence-corrected chi connectivity index (χ1v) is 21.5. The molecule has 0 bridgehead atoms. The van der Waals surface area contributed by atoms with E-state index in [0.717, 1.165) is 0 Å². The molecule has 0 amide bonds. The van der Waals surface area contributed by atoms with Crippen LogP contribution in [0.2, 0.25) is 0 Å². The largest absolute Gasteiger partial charge is 0.481 e. The van der Waals surface area contributed by atoms with Gasteiger partial charge in [0.05, 0.1) is 58.1 Å². The number of nitrogens with zero attached hydrogens (tertiary/aromatic N) is 9. The zero-order chi connectivity index (χ0) is 45.6. The van der Waals surface area contributed by atoms with Gasteiger partial charge in [0, 0.05) is 55.5 Å². The van der Waals surface area contributed by atoms with E-state index in [4.69, 9.17) is 19.1 Å². The molecule has 344 valence electrons. The zero-order valence-electron chi connectivity index (χ0n) is 33.7. The van der Waals surface area contributed by atoms with Crippen LogP contribution in [0.1, 0.15) is 17.5 Å². The van der Waals surface area contributed by atoms with Gasteiger partial charge in [0.25, 0.3) is 10.1 Å². The summed E-state index contributed by atoms with van der Waals surface area (Å²) in [6.07, 6.45) is 2.15. The maximum Gasteiger partial charge on any atom is 0.326 e. The molecule has 2 aliphatic rings. The Hall–Kier alpha value is -6.08. The predicted molar refractivity (Wildman–Crippen MR) is 228 cm³/mol. The number of aromatic nitrogens is 6. The third-order valence-electron chi connectivity index (χ3n) is 9.24. The number of carbonyl (C=O) groups is 2. The fourth-order valence-corrected chi connectivity index (χ4v) is 7.44. The number of hydrogen-bond acceptors (Lipinski definition) is 24. The minimum absolute atomic E-state index is 0.0167. The average Bonchev–Trinajstić information content (AvgIpc) is 3.28. The molecule has 64 heavy (non-hydrogen) atoms. The predicted octanol–water partition coefficient (Wildman–Crippen LogP) is 1.19. The van der Waals surface area contributed by atoms with Gasteiger partial charge in [-0.05, 0) is 35.4 Å². The van der Waals surface area contributed by atoms with Gasteiger partial charge in [-0.15, -0.1) is 4.33 Å². The van der Waals surface area contributed by atoms with Crippen LogP contribution in [-0.2, 0) is 38.6 Å². The first-order chi connectivity index (χ1) is 30.8. The number of carboxylic acids is 2. The van der Waals surface area contributed by atoms with E-state index in [1.54, 1.807) is 21.9 Å². The summed E-state index contributed by atoms with van der Waals surface area (Å²) in [4.78, 5) is 54.7. The Labute approximate surface area is 368 Å². The van der Waals surface area contributed by atoms with E-state index in [-0.39, 0.29) is 73.2 Å². The molecule has 9 N–H and O–H groups in total. The van der Waals surface area contributed by atoms with Crippen LogP contribution in [0.25, 0.3) is 12.2 Å². The number of aliphatic hydroxyl groups is 2. The summed E-state index contributed by atoms with van der Waals surface area (Å²) in [5, 5.41) is 59.4. The van der Waals surface area contributed by atoms with Crippen molar-refractivity contribution in [2.24, 2.45) is 0 Å². The van der Waals surface area contributed by atoms with Gasteiger partial charge in [-0.1, -0.05) is 29.3 Å². The van der Waals surface area contributed by atoms with Crippen molar-refractivity contribution in [2.45, 2.75) is 22.3 Å². The highest BCUT2D eigenvalue weighted by Gasteiger charge is 2.25. The minimum atomic E-state index is -4.83. The van der Waals surface area contributed by atoms with E-state index in [1.807, 2.05) is 4.90 Å². The summed E-state index contributed by atoms with van der Waals surface area (Å²) >= 11 is 0.577. The van der Waals surface area contributed by atoms with Crippen molar-refractivity contribution in [1.29, 1.82) is 0 Å². The average molecular weight is 933 g/mol. The quantitative estimate of drug-likeness (QED) is 0.0176. The van der Waals surface area contributed by atoms with Gasteiger partial charge in [0.15, 0.2) is 0 Å². The zero-order valence-corrected chi connectivity index (χ0v) is 35.3. The standard InChI is InChI=1S/C36H44N12O14S2/c49-13-7-46(8-14-50)35-42-32(43-36(45-35)48-11-17-60-18-12-48)38-25-6-4-23(28(20-25)64(56,57)58)2-1-22-3-5-24(19-27(22)63-62-61-55)37-31-40-33(39-26(30(53)54)21-29(51)52)44-34(41-31)47-9-15-59-16-10-47/h1-6,19-20,26,49-50,55H,7-18,21H2,(H,51,52)(H,53,54)(H,56,57,58)(H,38,42,43,45)(H2,37,39,40,41,44)/b2-1+. The number of aliphatic carboxylic acids is 2. The van der Waals surface area contributed by atoms with Gasteiger partial charge in [-0.3, -0.25) is 9.35 Å².